The molecular weight excluding hydrogens is 482 g/mol. The van der Waals surface area contributed by atoms with E-state index in [1.807, 2.05) is 55.5 Å². The Bertz CT molecular complexity index is 1830. The number of H-pyrrole nitrogens is 1. The summed E-state index contributed by atoms with van der Waals surface area (Å²) >= 11 is 0. The smallest absolute Gasteiger partial charge is 0.335 e. The van der Waals surface area contributed by atoms with Gasteiger partial charge < -0.3 is 15.2 Å². The third-order valence-corrected chi connectivity index (χ3v) is 6.79. The van der Waals surface area contributed by atoms with Crippen LogP contribution >= 0.6 is 0 Å². The molecule has 0 aliphatic carbocycles. The van der Waals surface area contributed by atoms with Crippen LogP contribution in [0.3, 0.4) is 0 Å². The molecule has 1 aliphatic rings. The fraction of sp³-hybridized carbons (Fsp3) is 0.0667. The lowest BCUT2D eigenvalue weighted by Gasteiger charge is -2.23. The predicted molar refractivity (Wildman–Crippen MR) is 143 cm³/mol. The number of benzene rings is 4. The Morgan fingerprint density at radius 3 is 2.47 bits per heavy atom. The Balaban J connectivity index is 1.59. The molecule has 4 aromatic carbocycles. The second-order valence-corrected chi connectivity index (χ2v) is 9.21. The van der Waals surface area contributed by atoms with Gasteiger partial charge in [-0.15, -0.1) is 0 Å². The van der Waals surface area contributed by atoms with Crippen molar-refractivity contribution in [1.82, 2.24) is 9.97 Å². The van der Waals surface area contributed by atoms with Gasteiger partial charge in [-0.25, -0.2) is 9.78 Å². The highest BCUT2D eigenvalue weighted by Gasteiger charge is 2.48. The molecule has 0 spiro atoms. The van der Waals surface area contributed by atoms with Gasteiger partial charge in [0.15, 0.2) is 0 Å². The molecule has 8 nitrogen and oxygen atoms in total. The summed E-state index contributed by atoms with van der Waals surface area (Å²) in [5, 5.41) is 22.6. The number of Topliss-reactive ketones (excluding diaryl/α,β-unsaturated/α-hetero) is 1. The van der Waals surface area contributed by atoms with Crippen LogP contribution in [0.15, 0.2) is 90.5 Å². The molecule has 1 saturated heterocycles. The van der Waals surface area contributed by atoms with E-state index in [1.54, 1.807) is 18.2 Å². The Kier molecular flexibility index (Phi) is 5.31. The lowest BCUT2D eigenvalue weighted by molar-refractivity contribution is -0.132. The van der Waals surface area contributed by atoms with E-state index in [1.165, 1.54) is 23.1 Å². The number of aliphatic hydroxyl groups is 1. The van der Waals surface area contributed by atoms with E-state index in [0.717, 1.165) is 16.3 Å². The number of rotatable bonds is 4. The number of carboxylic acid groups (broad SMARTS) is 1. The van der Waals surface area contributed by atoms with Gasteiger partial charge in [0.05, 0.1) is 28.2 Å². The van der Waals surface area contributed by atoms with E-state index in [9.17, 15) is 24.6 Å². The number of aromatic nitrogens is 2. The van der Waals surface area contributed by atoms with Crippen molar-refractivity contribution in [2.75, 3.05) is 4.90 Å². The van der Waals surface area contributed by atoms with Crippen molar-refractivity contribution < 1.29 is 24.6 Å². The summed E-state index contributed by atoms with van der Waals surface area (Å²) in [6.45, 7) is 1.90. The standard InChI is InChI=1S/C30H21N3O5/c1-16-6-4-9-18(14-16)25-24(26(34)21-11-5-8-17-7-2-3-10-20(17)21)27(35)28(36)33(25)30-31-22-13-12-19(29(37)38)15-23(22)32-30/h2-15,25,34H,1H3,(H,31,32)(H,37,38)/b26-24+. The molecule has 0 saturated carbocycles. The highest BCUT2D eigenvalue weighted by Crippen LogP contribution is 2.42. The van der Waals surface area contributed by atoms with Crippen LogP contribution < -0.4 is 4.90 Å². The number of aromatic amines is 1. The summed E-state index contributed by atoms with van der Waals surface area (Å²) < 4.78 is 0. The maximum absolute atomic E-state index is 13.5. The number of aryl methyl sites for hydroxylation is 1. The highest BCUT2D eigenvalue weighted by atomic mass is 16.4. The number of carboxylic acids is 1. The maximum atomic E-state index is 13.5. The van der Waals surface area contributed by atoms with Gasteiger partial charge in [0.1, 0.15) is 5.76 Å². The molecule has 3 N–H and O–H groups in total. The fourth-order valence-corrected chi connectivity index (χ4v) is 5.03. The molecule has 38 heavy (non-hydrogen) atoms. The molecule has 5 aromatic rings. The number of nitrogens with one attached hydrogen (secondary N) is 1. The number of ketones is 1. The number of anilines is 1. The van der Waals surface area contributed by atoms with Crippen molar-refractivity contribution in [2.45, 2.75) is 13.0 Å². The molecule has 0 radical (unpaired) electrons. The molecular formula is C30H21N3O5. The molecule has 2 heterocycles. The minimum Gasteiger partial charge on any atom is -0.507 e. The van der Waals surface area contributed by atoms with Crippen LogP contribution in [0.5, 0.6) is 0 Å². The van der Waals surface area contributed by atoms with E-state index < -0.39 is 23.7 Å². The van der Waals surface area contributed by atoms with Gasteiger partial charge in [-0.1, -0.05) is 72.3 Å². The maximum Gasteiger partial charge on any atom is 0.335 e. The average molecular weight is 504 g/mol. The van der Waals surface area contributed by atoms with E-state index in [-0.39, 0.29) is 22.8 Å². The van der Waals surface area contributed by atoms with Crippen molar-refractivity contribution in [3.8, 4) is 0 Å². The van der Waals surface area contributed by atoms with Crippen LogP contribution in [0.1, 0.15) is 33.1 Å². The predicted octanol–water partition coefficient (Wildman–Crippen LogP) is 5.35. The van der Waals surface area contributed by atoms with Gasteiger partial charge >= 0.3 is 11.9 Å². The molecule has 1 aliphatic heterocycles. The van der Waals surface area contributed by atoms with Crippen molar-refractivity contribution >= 4 is 51.2 Å². The van der Waals surface area contributed by atoms with Gasteiger partial charge in [-0.3, -0.25) is 14.5 Å². The highest BCUT2D eigenvalue weighted by molar-refractivity contribution is 6.51. The quantitative estimate of drug-likeness (QED) is 0.173. The van der Waals surface area contributed by atoms with Crippen molar-refractivity contribution in [1.29, 1.82) is 0 Å². The van der Waals surface area contributed by atoms with Crippen LogP contribution in [-0.2, 0) is 9.59 Å². The summed E-state index contributed by atoms with van der Waals surface area (Å²) in [5.74, 6) is -2.99. The van der Waals surface area contributed by atoms with Gasteiger partial charge in [-0.05, 0) is 41.5 Å². The second-order valence-electron chi connectivity index (χ2n) is 9.21. The van der Waals surface area contributed by atoms with Crippen molar-refractivity contribution in [2.24, 2.45) is 0 Å². The number of hydrogen-bond donors (Lipinski definition) is 3. The number of imidazole rings is 1. The zero-order valence-corrected chi connectivity index (χ0v) is 20.2. The first-order chi connectivity index (χ1) is 18.3. The first-order valence-corrected chi connectivity index (χ1v) is 11.9. The lowest BCUT2D eigenvalue weighted by Crippen LogP contribution is -2.30. The number of fused-ring (bicyclic) bond motifs is 2. The van der Waals surface area contributed by atoms with Gasteiger partial charge in [-0.2, -0.15) is 0 Å². The number of amides is 1. The molecule has 1 unspecified atom stereocenters. The number of aliphatic hydroxyl groups excluding tert-OH is 1. The minimum absolute atomic E-state index is 0.0522. The Morgan fingerprint density at radius 2 is 1.68 bits per heavy atom. The summed E-state index contributed by atoms with van der Waals surface area (Å²) in [7, 11) is 0. The molecule has 1 aromatic heterocycles. The summed E-state index contributed by atoms with van der Waals surface area (Å²) in [5.41, 5.74) is 2.81. The Hall–Kier alpha value is -5.24. The van der Waals surface area contributed by atoms with Crippen LogP contribution in [0.25, 0.3) is 27.6 Å². The molecule has 1 atom stereocenters. The van der Waals surface area contributed by atoms with Crippen LogP contribution in [0.2, 0.25) is 0 Å². The summed E-state index contributed by atoms with van der Waals surface area (Å²) in [4.78, 5) is 47.2. The van der Waals surface area contributed by atoms with E-state index in [0.29, 0.717) is 22.2 Å². The first-order valence-electron chi connectivity index (χ1n) is 11.9. The van der Waals surface area contributed by atoms with Gasteiger partial charge in [0.2, 0.25) is 5.95 Å². The zero-order valence-electron chi connectivity index (χ0n) is 20.2. The Labute approximate surface area is 216 Å². The number of carbonyl (C=O) groups is 3. The number of aromatic carboxylic acids is 1. The molecule has 0 bridgehead atoms. The van der Waals surface area contributed by atoms with Crippen LogP contribution in [-0.4, -0.2) is 37.8 Å². The summed E-state index contributed by atoms with van der Waals surface area (Å²) in [6, 6.07) is 23.7. The Morgan fingerprint density at radius 1 is 0.921 bits per heavy atom. The van der Waals surface area contributed by atoms with Crippen molar-refractivity contribution in [3.05, 3.63) is 113 Å². The van der Waals surface area contributed by atoms with E-state index in [4.69, 9.17) is 0 Å². The zero-order chi connectivity index (χ0) is 26.6. The monoisotopic (exact) mass is 503 g/mol. The van der Waals surface area contributed by atoms with Gasteiger partial charge in [0, 0.05) is 5.56 Å². The molecule has 8 heteroatoms. The molecule has 6 rings (SSSR count). The van der Waals surface area contributed by atoms with E-state index in [2.05, 4.69) is 9.97 Å². The normalized spacial score (nSPS) is 17.0. The fourth-order valence-electron chi connectivity index (χ4n) is 5.03. The largest absolute Gasteiger partial charge is 0.507 e. The lowest BCUT2D eigenvalue weighted by atomic mass is 9.93. The third kappa shape index (κ3) is 3.62. The number of nitrogens with zero attached hydrogens (tertiary/aromatic N) is 2. The molecule has 1 fully saturated rings. The van der Waals surface area contributed by atoms with Crippen molar-refractivity contribution in [3.63, 3.8) is 0 Å². The second kappa shape index (κ2) is 8.70. The third-order valence-electron chi connectivity index (χ3n) is 6.79. The van der Waals surface area contributed by atoms with Crippen LogP contribution in [0.4, 0.5) is 5.95 Å². The van der Waals surface area contributed by atoms with E-state index >= 15 is 0 Å². The van der Waals surface area contributed by atoms with Crippen LogP contribution in [0, 0.1) is 6.92 Å². The minimum atomic E-state index is -1.10. The molecule has 186 valence electrons. The SMILES string of the molecule is Cc1cccc(C2/C(=C(\O)c3cccc4ccccc34)C(=O)C(=O)N2c2nc3ccc(C(=O)O)cc3[nH]2)c1. The average Bonchev–Trinajstić information content (AvgIpc) is 3.45. The summed E-state index contributed by atoms with van der Waals surface area (Å²) in [6.07, 6.45) is 0. The molecule has 1 amide bonds. The van der Waals surface area contributed by atoms with Gasteiger partial charge in [0.25, 0.3) is 5.78 Å². The first kappa shape index (κ1) is 23.2. The topological polar surface area (TPSA) is 124 Å². The number of carbonyl (C=O) groups excluding carboxylic acids is 2. The number of hydrogen-bond acceptors (Lipinski definition) is 5.